The molecule has 4 N–H and O–H groups in total. The van der Waals surface area contributed by atoms with Crippen molar-refractivity contribution in [2.24, 2.45) is 0 Å². The second kappa shape index (κ2) is 1.69. The van der Waals surface area contributed by atoms with Crippen molar-refractivity contribution < 1.29 is 4.11 Å². The van der Waals surface area contributed by atoms with Gasteiger partial charge in [-0.3, -0.25) is 4.98 Å². The molecule has 0 saturated carbocycles. The molecule has 0 aromatic carbocycles. The topological polar surface area (TPSA) is 64.9 Å². The summed E-state index contributed by atoms with van der Waals surface area (Å²) in [6.07, 6.45) is -0.565. The summed E-state index contributed by atoms with van der Waals surface area (Å²) >= 11 is 0. The first-order valence-electron chi connectivity index (χ1n) is 3.52. The van der Waals surface area contributed by atoms with Gasteiger partial charge in [-0.25, -0.2) is 0 Å². The molecule has 1 aromatic rings. The fraction of sp³-hybridized carbons (Fsp3) is 0. The standard InChI is InChI=1S/C5H7N3/c6-4-1-2-8-3-5(4)7/h1-3H,7H2,(H2,6,8)/i1D,2D,3D. The van der Waals surface area contributed by atoms with Gasteiger partial charge in [0.15, 0.2) is 0 Å². The van der Waals surface area contributed by atoms with E-state index in [2.05, 4.69) is 4.98 Å². The summed E-state index contributed by atoms with van der Waals surface area (Å²) in [5.41, 5.74) is 10.5. The van der Waals surface area contributed by atoms with Crippen LogP contribution in [0.15, 0.2) is 18.4 Å². The number of hydrogen-bond donors (Lipinski definition) is 2. The van der Waals surface area contributed by atoms with Crippen LogP contribution in [0.4, 0.5) is 11.4 Å². The minimum atomic E-state index is -0.318. The molecule has 0 atom stereocenters. The van der Waals surface area contributed by atoms with Crippen LogP contribution in [0.3, 0.4) is 0 Å². The lowest BCUT2D eigenvalue weighted by Gasteiger charge is -1.93. The van der Waals surface area contributed by atoms with Crippen molar-refractivity contribution in [1.29, 1.82) is 0 Å². The Morgan fingerprint density at radius 3 is 3.00 bits per heavy atom. The van der Waals surface area contributed by atoms with E-state index in [9.17, 15) is 0 Å². The Balaban J connectivity index is 3.46. The SMILES string of the molecule is [2H]c1nc([2H])c(N)c(N)c1[2H]. The van der Waals surface area contributed by atoms with E-state index in [1.807, 2.05) is 0 Å². The van der Waals surface area contributed by atoms with Gasteiger partial charge >= 0.3 is 0 Å². The molecule has 1 rings (SSSR count). The van der Waals surface area contributed by atoms with Gasteiger partial charge in [-0.1, -0.05) is 0 Å². The molecule has 0 fully saturated rings. The van der Waals surface area contributed by atoms with Gasteiger partial charge in [0.2, 0.25) is 0 Å². The molecule has 1 aromatic heterocycles. The number of pyridine rings is 1. The molecule has 0 aliphatic heterocycles. The molecule has 0 unspecified atom stereocenters. The smallest absolute Gasteiger partial charge is 0.0863 e. The van der Waals surface area contributed by atoms with Crippen LogP contribution in [-0.4, -0.2) is 4.98 Å². The highest BCUT2D eigenvalue weighted by molar-refractivity contribution is 5.60. The zero-order valence-electron chi connectivity index (χ0n) is 7.10. The Morgan fingerprint density at radius 2 is 2.25 bits per heavy atom. The van der Waals surface area contributed by atoms with Crippen LogP contribution >= 0.6 is 0 Å². The predicted molar refractivity (Wildman–Crippen MR) is 33.1 cm³/mol. The van der Waals surface area contributed by atoms with E-state index in [-0.39, 0.29) is 29.8 Å². The maximum absolute atomic E-state index is 7.14. The third kappa shape index (κ3) is 0.703. The van der Waals surface area contributed by atoms with E-state index in [0.717, 1.165) is 0 Å². The van der Waals surface area contributed by atoms with Crippen molar-refractivity contribution in [3.8, 4) is 0 Å². The van der Waals surface area contributed by atoms with Gasteiger partial charge in [0.1, 0.15) is 0 Å². The number of nitrogens with two attached hydrogens (primary N) is 2. The van der Waals surface area contributed by atoms with Gasteiger partial charge in [-0.05, 0) is 6.04 Å². The third-order valence-electron chi connectivity index (χ3n) is 0.713. The highest BCUT2D eigenvalue weighted by Crippen LogP contribution is 2.08. The molecule has 0 aliphatic carbocycles. The maximum atomic E-state index is 7.14. The average molecular weight is 112 g/mol. The average Bonchev–Trinajstić information content (AvgIpc) is 1.97. The Bertz CT molecular complexity index is 273. The summed E-state index contributed by atoms with van der Waals surface area (Å²) in [6, 6.07) is -0.224. The summed E-state index contributed by atoms with van der Waals surface area (Å²) in [7, 11) is 0. The van der Waals surface area contributed by atoms with E-state index >= 15 is 0 Å². The first-order valence-corrected chi connectivity index (χ1v) is 2.02. The quantitative estimate of drug-likeness (QED) is 0.505. The van der Waals surface area contributed by atoms with Crippen LogP contribution < -0.4 is 11.5 Å². The molecule has 3 nitrogen and oxygen atoms in total. The van der Waals surface area contributed by atoms with E-state index in [4.69, 9.17) is 15.6 Å². The van der Waals surface area contributed by atoms with Crippen molar-refractivity contribution in [2.75, 3.05) is 11.5 Å². The lowest BCUT2D eigenvalue weighted by Crippen LogP contribution is -1.93. The first kappa shape index (κ1) is 2.35. The molecule has 0 spiro atoms. The Morgan fingerprint density at radius 1 is 1.50 bits per heavy atom. The summed E-state index contributed by atoms with van der Waals surface area (Å²) < 4.78 is 21.3. The number of anilines is 2. The summed E-state index contributed by atoms with van der Waals surface area (Å²) in [5.74, 6) is 0. The zero-order valence-corrected chi connectivity index (χ0v) is 4.10. The highest BCUT2D eigenvalue weighted by atomic mass is 14.7. The lowest BCUT2D eigenvalue weighted by molar-refractivity contribution is 1.34. The zero-order chi connectivity index (χ0) is 8.59. The van der Waals surface area contributed by atoms with Gasteiger partial charge in [-0.15, -0.1) is 0 Å². The summed E-state index contributed by atoms with van der Waals surface area (Å²) in [4.78, 5) is 3.37. The van der Waals surface area contributed by atoms with E-state index in [1.54, 1.807) is 0 Å². The fourth-order valence-corrected chi connectivity index (χ4v) is 0.304. The molecule has 0 aliphatic rings. The van der Waals surface area contributed by atoms with Gasteiger partial charge < -0.3 is 11.5 Å². The molecule has 8 heavy (non-hydrogen) atoms. The number of rotatable bonds is 0. The summed E-state index contributed by atoms with van der Waals surface area (Å²) in [6.45, 7) is 0. The van der Waals surface area contributed by atoms with Crippen LogP contribution in [0.2, 0.25) is 0 Å². The molecule has 0 bridgehead atoms. The molecular weight excluding hydrogens is 102 g/mol. The van der Waals surface area contributed by atoms with Crippen molar-refractivity contribution in [1.82, 2.24) is 4.98 Å². The van der Waals surface area contributed by atoms with E-state index in [1.165, 1.54) is 0 Å². The van der Waals surface area contributed by atoms with Crippen molar-refractivity contribution in [2.45, 2.75) is 0 Å². The lowest BCUT2D eigenvalue weighted by atomic mass is 10.4. The first-order chi connectivity index (χ1) is 5.04. The molecule has 3 heteroatoms. The Labute approximate surface area is 51.5 Å². The molecular formula is C5H7N3. The fourth-order valence-electron chi connectivity index (χ4n) is 0.304. The highest BCUT2D eigenvalue weighted by Gasteiger charge is 1.86. The van der Waals surface area contributed by atoms with E-state index < -0.39 is 0 Å². The van der Waals surface area contributed by atoms with Crippen LogP contribution in [-0.2, 0) is 0 Å². The maximum Gasteiger partial charge on any atom is 0.0863 e. The summed E-state index contributed by atoms with van der Waals surface area (Å²) in [5, 5.41) is 0. The second-order valence-corrected chi connectivity index (χ2v) is 1.29. The van der Waals surface area contributed by atoms with Gasteiger partial charge in [0.25, 0.3) is 0 Å². The van der Waals surface area contributed by atoms with Gasteiger partial charge in [0, 0.05) is 6.17 Å². The van der Waals surface area contributed by atoms with E-state index in [0.29, 0.717) is 0 Å². The monoisotopic (exact) mass is 112 g/mol. The molecule has 0 amide bonds. The third-order valence-corrected chi connectivity index (χ3v) is 0.713. The van der Waals surface area contributed by atoms with Crippen LogP contribution in [0, 0.1) is 0 Å². The minimum absolute atomic E-state index is 0.0361. The van der Waals surface area contributed by atoms with Gasteiger partial charge in [0.05, 0.1) is 21.7 Å². The number of nitrogens with zero attached hydrogens (tertiary/aromatic N) is 1. The van der Waals surface area contributed by atoms with Crippen molar-refractivity contribution in [3.05, 3.63) is 18.4 Å². The number of aromatic nitrogens is 1. The molecule has 0 saturated heterocycles. The molecule has 42 valence electrons. The van der Waals surface area contributed by atoms with Crippen molar-refractivity contribution in [3.63, 3.8) is 0 Å². The Kier molecular flexibility index (Phi) is 0.497. The second-order valence-electron chi connectivity index (χ2n) is 1.29. The Hall–Kier alpha value is -1.25. The normalized spacial score (nSPS) is 14.2. The molecule has 0 radical (unpaired) electrons. The van der Waals surface area contributed by atoms with Crippen LogP contribution in [0.5, 0.6) is 0 Å². The molecule has 1 heterocycles. The minimum Gasteiger partial charge on any atom is -0.397 e. The number of hydrogen-bond acceptors (Lipinski definition) is 3. The van der Waals surface area contributed by atoms with Crippen LogP contribution in [0.1, 0.15) is 4.11 Å². The van der Waals surface area contributed by atoms with Crippen LogP contribution in [0.25, 0.3) is 0 Å². The van der Waals surface area contributed by atoms with Crippen molar-refractivity contribution >= 4 is 11.4 Å². The largest absolute Gasteiger partial charge is 0.397 e. The number of nitrogen functional groups attached to an aromatic ring is 2. The predicted octanol–water partition coefficient (Wildman–Crippen LogP) is 0.246. The van der Waals surface area contributed by atoms with Gasteiger partial charge in [-0.2, -0.15) is 0 Å².